The first-order valence-electron chi connectivity index (χ1n) is 5.12. The fraction of sp³-hybridized carbons (Fsp3) is 0.455. The van der Waals surface area contributed by atoms with Gasteiger partial charge in [0.05, 0.1) is 0 Å². The average molecular weight is 255 g/mol. The number of rotatable bonds is 2. The summed E-state index contributed by atoms with van der Waals surface area (Å²) in [4.78, 5) is 0. The Morgan fingerprint density at radius 1 is 1.69 bits per heavy atom. The number of fused-ring (bicyclic) bond motifs is 1. The molecule has 0 saturated heterocycles. The van der Waals surface area contributed by atoms with E-state index in [4.69, 9.17) is 6.42 Å². The van der Waals surface area contributed by atoms with E-state index < -0.39 is 15.1 Å². The third kappa shape index (κ3) is 1.67. The summed E-state index contributed by atoms with van der Waals surface area (Å²) in [6.07, 6.45) is 5.78. The summed E-state index contributed by atoms with van der Waals surface area (Å²) in [5.74, 6) is 2.39. The molecule has 2 heterocycles. The largest absolute Gasteiger partial charge is 0.310 e. The molecule has 1 aliphatic rings. The van der Waals surface area contributed by atoms with Crippen molar-refractivity contribution in [2.24, 2.45) is 0 Å². The van der Waals surface area contributed by atoms with Crippen molar-refractivity contribution in [1.82, 2.24) is 5.32 Å². The Balaban J connectivity index is 2.51. The van der Waals surface area contributed by atoms with Crippen molar-refractivity contribution < 1.29 is 8.42 Å². The second kappa shape index (κ2) is 4.21. The zero-order valence-electron chi connectivity index (χ0n) is 8.93. The van der Waals surface area contributed by atoms with Gasteiger partial charge in [0.25, 0.3) is 0 Å². The Kier molecular flexibility index (Phi) is 3.06. The lowest BCUT2D eigenvalue weighted by molar-refractivity contribution is 0.492. The normalized spacial score (nSPS) is 27.0. The molecule has 2 rings (SSSR count). The number of thiophene rings is 1. The van der Waals surface area contributed by atoms with Crippen molar-refractivity contribution in [3.05, 3.63) is 17.0 Å². The highest BCUT2D eigenvalue weighted by Crippen LogP contribution is 2.39. The Labute approximate surface area is 99.8 Å². The Hall–Kier alpha value is -0.830. The van der Waals surface area contributed by atoms with E-state index in [1.807, 2.05) is 18.4 Å². The van der Waals surface area contributed by atoms with Gasteiger partial charge in [0.15, 0.2) is 0 Å². The molecule has 0 unspecified atom stereocenters. The van der Waals surface area contributed by atoms with E-state index in [0.29, 0.717) is 10.6 Å². The summed E-state index contributed by atoms with van der Waals surface area (Å²) in [5, 5.41) is 4.39. The lowest BCUT2D eigenvalue weighted by atomic mass is 10.0. The van der Waals surface area contributed by atoms with Crippen molar-refractivity contribution in [2.75, 3.05) is 6.54 Å². The standard InChI is InChI=1S/C11H13NO2S2/c1-3-8-7-10(12-4-2)9-5-6-15-11(9)16(8,13)14/h1,5-6,8,10,12H,4,7H2,2H3/t8-,10-/m0/s1. The molecular weight excluding hydrogens is 242 g/mol. The van der Waals surface area contributed by atoms with Crippen LogP contribution in [0.1, 0.15) is 24.9 Å². The first-order valence-corrected chi connectivity index (χ1v) is 7.54. The number of sulfone groups is 1. The quantitative estimate of drug-likeness (QED) is 0.816. The van der Waals surface area contributed by atoms with Gasteiger partial charge in [-0.1, -0.05) is 12.8 Å². The van der Waals surface area contributed by atoms with Crippen LogP contribution < -0.4 is 5.32 Å². The molecule has 0 fully saturated rings. The molecule has 0 aliphatic carbocycles. The van der Waals surface area contributed by atoms with E-state index >= 15 is 0 Å². The summed E-state index contributed by atoms with van der Waals surface area (Å²) in [6, 6.07) is 1.94. The zero-order valence-corrected chi connectivity index (χ0v) is 10.6. The lowest BCUT2D eigenvalue weighted by Gasteiger charge is -2.27. The molecule has 0 amide bonds. The highest BCUT2D eigenvalue weighted by atomic mass is 32.2. The van der Waals surface area contributed by atoms with Gasteiger partial charge in [0.2, 0.25) is 9.84 Å². The van der Waals surface area contributed by atoms with Gasteiger partial charge in [-0.15, -0.1) is 17.8 Å². The molecule has 1 N–H and O–H groups in total. The van der Waals surface area contributed by atoms with Gasteiger partial charge in [-0.05, 0) is 30.0 Å². The molecule has 0 spiro atoms. The van der Waals surface area contributed by atoms with Crippen LogP contribution in [0.25, 0.3) is 0 Å². The van der Waals surface area contributed by atoms with E-state index in [-0.39, 0.29) is 6.04 Å². The fourth-order valence-electron chi connectivity index (χ4n) is 1.99. The SMILES string of the molecule is C#C[C@H]1C[C@H](NCC)c2ccsc2S1(=O)=O. The molecule has 5 heteroatoms. The summed E-state index contributed by atoms with van der Waals surface area (Å²) < 4.78 is 24.6. The smallest absolute Gasteiger partial charge is 0.202 e. The topological polar surface area (TPSA) is 46.2 Å². The molecule has 3 nitrogen and oxygen atoms in total. The summed E-state index contributed by atoms with van der Waals surface area (Å²) in [6.45, 7) is 2.80. The maximum atomic E-state index is 12.1. The van der Waals surface area contributed by atoms with E-state index in [9.17, 15) is 8.42 Å². The third-order valence-electron chi connectivity index (χ3n) is 2.75. The van der Waals surface area contributed by atoms with Crippen LogP contribution in [0, 0.1) is 12.3 Å². The molecule has 1 aromatic heterocycles. The van der Waals surface area contributed by atoms with Gasteiger partial charge in [-0.2, -0.15) is 0 Å². The maximum Gasteiger partial charge on any atom is 0.202 e. The minimum absolute atomic E-state index is 0.0656. The molecule has 1 aromatic rings. The van der Waals surface area contributed by atoms with Crippen LogP contribution in [0.5, 0.6) is 0 Å². The van der Waals surface area contributed by atoms with Crippen LogP contribution in [-0.4, -0.2) is 20.2 Å². The second-order valence-corrected chi connectivity index (χ2v) is 6.95. The van der Waals surface area contributed by atoms with Crippen molar-refractivity contribution in [3.8, 4) is 12.3 Å². The molecule has 86 valence electrons. The van der Waals surface area contributed by atoms with Gasteiger partial charge in [-0.25, -0.2) is 8.42 Å². The molecule has 2 atom stereocenters. The first kappa shape index (κ1) is 11.6. The first-order chi connectivity index (χ1) is 7.61. The van der Waals surface area contributed by atoms with E-state index in [0.717, 1.165) is 12.1 Å². The van der Waals surface area contributed by atoms with Gasteiger partial charge in [-0.3, -0.25) is 0 Å². The van der Waals surface area contributed by atoms with Crippen LogP contribution in [0.15, 0.2) is 15.7 Å². The maximum absolute atomic E-state index is 12.1. The van der Waals surface area contributed by atoms with E-state index in [1.165, 1.54) is 11.3 Å². The van der Waals surface area contributed by atoms with Crippen LogP contribution in [0.2, 0.25) is 0 Å². The number of hydrogen-bond donors (Lipinski definition) is 1. The van der Waals surface area contributed by atoms with Crippen LogP contribution in [0.3, 0.4) is 0 Å². The Bertz CT molecular complexity index is 524. The number of terminal acetylenes is 1. The molecule has 16 heavy (non-hydrogen) atoms. The van der Waals surface area contributed by atoms with Crippen molar-refractivity contribution in [1.29, 1.82) is 0 Å². The van der Waals surface area contributed by atoms with Crippen molar-refractivity contribution in [2.45, 2.75) is 28.8 Å². The highest BCUT2D eigenvalue weighted by molar-refractivity contribution is 7.94. The van der Waals surface area contributed by atoms with Crippen LogP contribution >= 0.6 is 11.3 Å². The fourth-order valence-corrected chi connectivity index (χ4v) is 5.15. The lowest BCUT2D eigenvalue weighted by Crippen LogP contribution is -2.34. The predicted molar refractivity (Wildman–Crippen MR) is 65.2 cm³/mol. The molecule has 1 aliphatic heterocycles. The monoisotopic (exact) mass is 255 g/mol. The van der Waals surface area contributed by atoms with Crippen molar-refractivity contribution >= 4 is 21.2 Å². The van der Waals surface area contributed by atoms with Crippen LogP contribution in [0.4, 0.5) is 0 Å². The number of hydrogen-bond acceptors (Lipinski definition) is 4. The van der Waals surface area contributed by atoms with Gasteiger partial charge >= 0.3 is 0 Å². The minimum Gasteiger partial charge on any atom is -0.310 e. The molecule has 0 radical (unpaired) electrons. The number of nitrogens with one attached hydrogen (secondary N) is 1. The Morgan fingerprint density at radius 2 is 2.44 bits per heavy atom. The molecule has 0 bridgehead atoms. The van der Waals surface area contributed by atoms with Crippen LogP contribution in [-0.2, 0) is 9.84 Å². The van der Waals surface area contributed by atoms with Gasteiger partial charge in [0, 0.05) is 6.04 Å². The summed E-state index contributed by atoms with van der Waals surface area (Å²) >= 11 is 1.26. The minimum atomic E-state index is -3.30. The molecule has 0 saturated carbocycles. The average Bonchev–Trinajstić information content (AvgIpc) is 2.72. The van der Waals surface area contributed by atoms with Gasteiger partial charge < -0.3 is 5.32 Å². The van der Waals surface area contributed by atoms with E-state index in [1.54, 1.807) is 0 Å². The predicted octanol–water partition coefficient (Wildman–Crippen LogP) is 1.58. The van der Waals surface area contributed by atoms with E-state index in [2.05, 4.69) is 11.2 Å². The highest BCUT2D eigenvalue weighted by Gasteiger charge is 2.38. The van der Waals surface area contributed by atoms with Gasteiger partial charge in [0.1, 0.15) is 9.46 Å². The molecule has 0 aromatic carbocycles. The zero-order chi connectivity index (χ0) is 11.8. The summed E-state index contributed by atoms with van der Waals surface area (Å²) in [5.41, 5.74) is 0.873. The Morgan fingerprint density at radius 3 is 3.06 bits per heavy atom. The third-order valence-corrected chi connectivity index (χ3v) is 6.29. The summed E-state index contributed by atoms with van der Waals surface area (Å²) in [7, 11) is -3.30. The molecular formula is C11H13NO2S2. The second-order valence-electron chi connectivity index (χ2n) is 3.71. The van der Waals surface area contributed by atoms with Crippen molar-refractivity contribution in [3.63, 3.8) is 0 Å².